The first-order valence-corrected chi connectivity index (χ1v) is 12.8. The van der Waals surface area contributed by atoms with Crippen LogP contribution < -0.4 is 4.74 Å². The van der Waals surface area contributed by atoms with Gasteiger partial charge in [0.05, 0.1) is 22.9 Å². The van der Waals surface area contributed by atoms with Gasteiger partial charge in [0.25, 0.3) is 0 Å². The van der Waals surface area contributed by atoms with Gasteiger partial charge in [-0.25, -0.2) is 4.39 Å². The molecule has 6 heteroatoms. The van der Waals surface area contributed by atoms with Crippen LogP contribution in [0, 0.1) is 23.1 Å². The number of esters is 1. The van der Waals surface area contributed by atoms with E-state index >= 15 is 0 Å². The Balaban J connectivity index is 1.37. The van der Waals surface area contributed by atoms with Crippen LogP contribution >= 0.6 is 0 Å². The third-order valence-corrected chi connectivity index (χ3v) is 6.79. The van der Waals surface area contributed by atoms with Gasteiger partial charge in [-0.15, -0.1) is 0 Å². The van der Waals surface area contributed by atoms with E-state index in [2.05, 4.69) is 29.3 Å². The minimum Gasteiger partial charge on any atom is -0.426 e. The average Bonchev–Trinajstić information content (AvgIpc) is 2.86. The lowest BCUT2D eigenvalue weighted by atomic mass is 9.80. The Labute approximate surface area is 202 Å². The molecule has 1 saturated carbocycles. The van der Waals surface area contributed by atoms with Crippen molar-refractivity contribution in [3.8, 4) is 11.8 Å². The number of hydrogen-bond acceptors (Lipinski definition) is 5. The summed E-state index contributed by atoms with van der Waals surface area (Å²) in [4.78, 5) is 12.5. The molecule has 1 aromatic carbocycles. The predicted molar refractivity (Wildman–Crippen MR) is 130 cm³/mol. The maximum absolute atomic E-state index is 13.7. The Morgan fingerprint density at radius 1 is 1.00 bits per heavy atom. The first-order valence-electron chi connectivity index (χ1n) is 12.8. The molecule has 1 aliphatic carbocycles. The monoisotopic (exact) mass is 465 g/mol. The van der Waals surface area contributed by atoms with Gasteiger partial charge in [0.15, 0.2) is 0 Å². The second-order valence-corrected chi connectivity index (χ2v) is 9.40. The van der Waals surface area contributed by atoms with Crippen molar-refractivity contribution in [1.82, 2.24) is 10.2 Å². The Morgan fingerprint density at radius 3 is 2.32 bits per heavy atom. The summed E-state index contributed by atoms with van der Waals surface area (Å²) in [5.41, 5.74) is 1.99. The van der Waals surface area contributed by atoms with Crippen molar-refractivity contribution in [2.24, 2.45) is 5.92 Å². The van der Waals surface area contributed by atoms with E-state index in [0.717, 1.165) is 43.1 Å². The van der Waals surface area contributed by atoms with Crippen LogP contribution in [0.2, 0.25) is 0 Å². The van der Waals surface area contributed by atoms with E-state index in [-0.39, 0.29) is 23.2 Å². The molecule has 1 fully saturated rings. The fourth-order valence-electron chi connectivity index (χ4n) is 4.64. The van der Waals surface area contributed by atoms with Crippen molar-refractivity contribution in [2.75, 3.05) is 0 Å². The third-order valence-electron chi connectivity index (χ3n) is 6.79. The molecule has 0 aliphatic heterocycles. The fraction of sp³-hybridized carbons (Fsp3) is 0.571. The van der Waals surface area contributed by atoms with E-state index in [9.17, 15) is 9.18 Å². The number of hydrogen-bond donors (Lipinski definition) is 0. The van der Waals surface area contributed by atoms with Crippen LogP contribution in [-0.2, 0) is 11.2 Å². The van der Waals surface area contributed by atoms with Crippen LogP contribution in [0.25, 0.3) is 0 Å². The average molecular weight is 466 g/mol. The van der Waals surface area contributed by atoms with Gasteiger partial charge in [-0.05, 0) is 62.8 Å². The van der Waals surface area contributed by atoms with Gasteiger partial charge in [-0.3, -0.25) is 4.79 Å². The van der Waals surface area contributed by atoms with Crippen molar-refractivity contribution in [3.05, 3.63) is 53.1 Å². The summed E-state index contributed by atoms with van der Waals surface area (Å²) in [5.74, 6) is -0.776. The first kappa shape index (κ1) is 25.8. The standard InChI is InChI=1S/C28H36FN3O2/c1-2-3-4-5-6-7-8-9-10-24-16-18-27(32-31-24)21-11-13-22(14-12-21)28(33)34-25-17-15-23(20-30)26(29)19-25/h15-19,21-22H,2-14H2,1H3. The molecule has 0 amide bonds. The van der Waals surface area contributed by atoms with Crippen molar-refractivity contribution in [1.29, 1.82) is 5.26 Å². The summed E-state index contributed by atoms with van der Waals surface area (Å²) in [5, 5.41) is 17.7. The van der Waals surface area contributed by atoms with E-state index in [0.29, 0.717) is 18.8 Å². The molecule has 0 radical (unpaired) electrons. The van der Waals surface area contributed by atoms with Gasteiger partial charge in [0.2, 0.25) is 0 Å². The van der Waals surface area contributed by atoms with Crippen molar-refractivity contribution >= 4 is 5.97 Å². The summed E-state index contributed by atoms with van der Waals surface area (Å²) in [6, 6.07) is 9.82. The zero-order valence-electron chi connectivity index (χ0n) is 20.3. The normalized spacial score (nSPS) is 17.8. The van der Waals surface area contributed by atoms with E-state index in [4.69, 9.17) is 10.00 Å². The first-order chi connectivity index (χ1) is 16.6. The number of ether oxygens (including phenoxy) is 1. The number of nitriles is 1. The number of aromatic nitrogens is 2. The SMILES string of the molecule is CCCCCCCCCCc1ccc(C2CCC(C(=O)Oc3ccc(C#N)c(F)c3)CC2)nn1. The topological polar surface area (TPSA) is 75.9 Å². The molecule has 0 atom stereocenters. The Hall–Kier alpha value is -2.81. The van der Waals surface area contributed by atoms with Crippen LogP contribution in [0.4, 0.5) is 4.39 Å². The molecule has 0 saturated heterocycles. The minimum atomic E-state index is -0.680. The molecular formula is C28H36FN3O2. The molecule has 1 aliphatic rings. The highest BCUT2D eigenvalue weighted by atomic mass is 19.1. The highest BCUT2D eigenvalue weighted by Gasteiger charge is 2.29. The van der Waals surface area contributed by atoms with Crippen molar-refractivity contribution < 1.29 is 13.9 Å². The molecule has 0 spiro atoms. The van der Waals surface area contributed by atoms with Gasteiger partial charge in [-0.2, -0.15) is 15.5 Å². The highest BCUT2D eigenvalue weighted by molar-refractivity contribution is 5.75. The molecular weight excluding hydrogens is 429 g/mol. The minimum absolute atomic E-state index is 0.0646. The Morgan fingerprint density at radius 2 is 1.71 bits per heavy atom. The zero-order valence-corrected chi connectivity index (χ0v) is 20.3. The maximum Gasteiger partial charge on any atom is 0.314 e. The maximum atomic E-state index is 13.7. The summed E-state index contributed by atoms with van der Waals surface area (Å²) in [6.07, 6.45) is 14.6. The lowest BCUT2D eigenvalue weighted by molar-refractivity contribution is -0.140. The number of benzene rings is 1. The number of aryl methyl sites for hydroxylation is 1. The number of halogens is 1. The Bertz CT molecular complexity index is 947. The summed E-state index contributed by atoms with van der Waals surface area (Å²) in [6.45, 7) is 2.25. The second kappa shape index (κ2) is 13.8. The molecule has 3 rings (SSSR count). The van der Waals surface area contributed by atoms with Crippen LogP contribution in [0.3, 0.4) is 0 Å². The fourth-order valence-corrected chi connectivity index (χ4v) is 4.64. The quantitative estimate of drug-likeness (QED) is 0.191. The van der Waals surface area contributed by atoms with E-state index < -0.39 is 5.82 Å². The van der Waals surface area contributed by atoms with E-state index in [1.807, 2.05) is 0 Å². The Kier molecular flexibility index (Phi) is 10.5. The molecule has 182 valence electrons. The summed E-state index contributed by atoms with van der Waals surface area (Å²) < 4.78 is 19.1. The molecule has 5 nitrogen and oxygen atoms in total. The number of rotatable bonds is 12. The van der Waals surface area contributed by atoms with E-state index in [1.165, 1.54) is 57.1 Å². The van der Waals surface area contributed by atoms with Crippen LogP contribution in [0.15, 0.2) is 30.3 Å². The molecule has 0 N–H and O–H groups in total. The van der Waals surface area contributed by atoms with Gasteiger partial charge in [0, 0.05) is 12.0 Å². The second-order valence-electron chi connectivity index (χ2n) is 9.40. The molecule has 0 unspecified atom stereocenters. The number of carbonyl (C=O) groups is 1. The van der Waals surface area contributed by atoms with Gasteiger partial charge in [0.1, 0.15) is 17.6 Å². The zero-order chi connectivity index (χ0) is 24.2. The highest BCUT2D eigenvalue weighted by Crippen LogP contribution is 2.35. The molecule has 2 aromatic rings. The van der Waals surface area contributed by atoms with E-state index in [1.54, 1.807) is 6.07 Å². The third kappa shape index (κ3) is 7.90. The molecule has 34 heavy (non-hydrogen) atoms. The number of carbonyl (C=O) groups excluding carboxylic acids is 1. The number of nitrogens with zero attached hydrogens (tertiary/aromatic N) is 3. The van der Waals surface area contributed by atoms with Crippen LogP contribution in [0.5, 0.6) is 5.75 Å². The van der Waals surface area contributed by atoms with Crippen LogP contribution in [-0.4, -0.2) is 16.2 Å². The van der Waals surface area contributed by atoms with Gasteiger partial charge >= 0.3 is 5.97 Å². The van der Waals surface area contributed by atoms with Gasteiger partial charge in [-0.1, -0.05) is 51.9 Å². The van der Waals surface area contributed by atoms with Gasteiger partial charge < -0.3 is 4.74 Å². The molecule has 0 bridgehead atoms. The van der Waals surface area contributed by atoms with Crippen molar-refractivity contribution in [2.45, 2.75) is 96.3 Å². The molecule has 1 aromatic heterocycles. The van der Waals surface area contributed by atoms with Crippen molar-refractivity contribution in [3.63, 3.8) is 0 Å². The number of unbranched alkanes of at least 4 members (excludes halogenated alkanes) is 7. The lowest BCUT2D eigenvalue weighted by Gasteiger charge is -2.26. The lowest BCUT2D eigenvalue weighted by Crippen LogP contribution is -2.25. The largest absolute Gasteiger partial charge is 0.426 e. The summed E-state index contributed by atoms with van der Waals surface area (Å²) in [7, 11) is 0. The predicted octanol–water partition coefficient (Wildman–Crippen LogP) is 7.05. The smallest absolute Gasteiger partial charge is 0.314 e. The van der Waals surface area contributed by atoms with Crippen LogP contribution in [0.1, 0.15) is 107 Å². The molecule has 1 heterocycles. The summed E-state index contributed by atoms with van der Waals surface area (Å²) >= 11 is 0.